The first-order chi connectivity index (χ1) is 16.8. The van der Waals surface area contributed by atoms with Crippen LogP contribution in [0.1, 0.15) is 48.5 Å². The van der Waals surface area contributed by atoms with Crippen LogP contribution in [0.3, 0.4) is 0 Å². The largest absolute Gasteiger partial charge is 0.505 e. The molecule has 0 atom stereocenters. The topological polar surface area (TPSA) is 79.3 Å². The number of carbonyl (C=O) groups is 2. The highest BCUT2D eigenvalue weighted by Gasteiger charge is 2.34. The minimum atomic E-state index is -0.811. The van der Waals surface area contributed by atoms with E-state index in [9.17, 15) is 19.1 Å². The molecule has 2 aromatic rings. The van der Waals surface area contributed by atoms with Crippen molar-refractivity contribution < 1.29 is 28.6 Å². The Labute approximate surface area is 205 Å². The zero-order valence-corrected chi connectivity index (χ0v) is 20.3. The van der Waals surface area contributed by atoms with Crippen molar-refractivity contribution in [1.29, 1.82) is 0 Å². The zero-order valence-electron chi connectivity index (χ0n) is 20.3. The molecule has 2 aromatic carbocycles. The predicted octanol–water partition coefficient (Wildman–Crippen LogP) is 4.23. The molecule has 1 aliphatic heterocycles. The summed E-state index contributed by atoms with van der Waals surface area (Å²) in [6.45, 7) is 4.11. The molecule has 7 nitrogen and oxygen atoms in total. The molecule has 1 heterocycles. The fraction of sp³-hybridized carbons (Fsp3) is 0.481. The van der Waals surface area contributed by atoms with Crippen LogP contribution in [0.15, 0.2) is 36.4 Å². The van der Waals surface area contributed by atoms with Gasteiger partial charge < -0.3 is 24.4 Å². The Bertz CT molecular complexity index is 1070. The molecule has 0 bridgehead atoms. The first kappa shape index (κ1) is 24.8. The van der Waals surface area contributed by atoms with E-state index in [1.54, 1.807) is 22.9 Å². The van der Waals surface area contributed by atoms with E-state index in [0.29, 0.717) is 56.0 Å². The maximum atomic E-state index is 14.2. The Morgan fingerprint density at radius 2 is 1.80 bits per heavy atom. The molecule has 188 valence electrons. The van der Waals surface area contributed by atoms with E-state index in [1.165, 1.54) is 13.0 Å². The molecule has 0 saturated heterocycles. The fourth-order valence-corrected chi connectivity index (χ4v) is 4.77. The van der Waals surface area contributed by atoms with Gasteiger partial charge in [-0.1, -0.05) is 12.1 Å². The summed E-state index contributed by atoms with van der Waals surface area (Å²) in [4.78, 5) is 27.2. The minimum Gasteiger partial charge on any atom is -0.505 e. The van der Waals surface area contributed by atoms with Crippen molar-refractivity contribution in [3.8, 4) is 17.2 Å². The lowest BCUT2D eigenvalue weighted by Gasteiger charge is -2.31. The number of likely N-dealkylation sites (N-methyl/N-ethyl adjacent to an activating group) is 1. The lowest BCUT2D eigenvalue weighted by atomic mass is 9.82. The number of benzene rings is 2. The van der Waals surface area contributed by atoms with Crippen molar-refractivity contribution >= 4 is 11.8 Å². The normalized spacial score (nSPS) is 19.4. The van der Waals surface area contributed by atoms with Gasteiger partial charge in [0.05, 0.1) is 18.7 Å². The number of aromatic hydroxyl groups is 1. The highest BCUT2D eigenvalue weighted by molar-refractivity contribution is 5.99. The molecule has 1 saturated carbocycles. The summed E-state index contributed by atoms with van der Waals surface area (Å²) < 4.78 is 26.0. The molecule has 0 radical (unpaired) electrons. The number of carbonyl (C=O) groups excluding carboxylic acids is 2. The molecule has 1 fully saturated rings. The van der Waals surface area contributed by atoms with Gasteiger partial charge in [-0.15, -0.1) is 0 Å². The van der Waals surface area contributed by atoms with E-state index in [1.807, 2.05) is 24.3 Å². The van der Waals surface area contributed by atoms with Crippen LogP contribution in [0, 0.1) is 17.7 Å². The summed E-state index contributed by atoms with van der Waals surface area (Å²) in [5, 5.41) is 9.58. The van der Waals surface area contributed by atoms with Crippen LogP contribution in [-0.4, -0.2) is 60.1 Å². The molecular formula is C27H33FN2O5. The van der Waals surface area contributed by atoms with Crippen LogP contribution in [0.25, 0.3) is 0 Å². The van der Waals surface area contributed by atoms with E-state index < -0.39 is 11.6 Å². The molecule has 0 aromatic heterocycles. The predicted molar refractivity (Wildman–Crippen MR) is 129 cm³/mol. The Balaban J connectivity index is 1.19. The van der Waals surface area contributed by atoms with E-state index in [4.69, 9.17) is 9.47 Å². The van der Waals surface area contributed by atoms with Crippen molar-refractivity contribution in [2.45, 2.75) is 39.2 Å². The molecule has 8 heteroatoms. The number of phenols is 1. The number of amides is 2. The summed E-state index contributed by atoms with van der Waals surface area (Å²) in [7, 11) is 1.74. The average molecular weight is 485 g/mol. The number of hydrogen-bond acceptors (Lipinski definition) is 5. The molecule has 0 unspecified atom stereocenters. The van der Waals surface area contributed by atoms with Crippen LogP contribution < -0.4 is 9.47 Å². The molecule has 1 N–H and O–H groups in total. The van der Waals surface area contributed by atoms with Gasteiger partial charge in [0, 0.05) is 33.1 Å². The average Bonchev–Trinajstić information content (AvgIpc) is 3.16. The van der Waals surface area contributed by atoms with Crippen LogP contribution in [-0.2, 0) is 11.3 Å². The summed E-state index contributed by atoms with van der Waals surface area (Å²) in [6.07, 6.45) is 4.02. The number of phenolic OH excluding ortho intramolecular Hbond substituents is 1. The molecule has 2 amide bonds. The van der Waals surface area contributed by atoms with Gasteiger partial charge in [-0.3, -0.25) is 9.59 Å². The summed E-state index contributed by atoms with van der Waals surface area (Å²) in [6, 6.07) is 10.5. The number of fused-ring (bicyclic) bond motifs is 1. The molecule has 2 aliphatic rings. The maximum absolute atomic E-state index is 14.2. The van der Waals surface area contributed by atoms with E-state index >= 15 is 0 Å². The van der Waals surface area contributed by atoms with Crippen molar-refractivity contribution in [3.05, 3.63) is 53.3 Å². The van der Waals surface area contributed by atoms with Crippen LogP contribution in [0.5, 0.6) is 17.2 Å². The smallest absolute Gasteiger partial charge is 0.257 e. The summed E-state index contributed by atoms with van der Waals surface area (Å²) in [5.74, 6) is 0.692. The Kier molecular flexibility index (Phi) is 7.78. The fourth-order valence-electron chi connectivity index (χ4n) is 4.77. The van der Waals surface area contributed by atoms with E-state index in [2.05, 4.69) is 0 Å². The highest BCUT2D eigenvalue weighted by Crippen LogP contribution is 2.34. The maximum Gasteiger partial charge on any atom is 0.257 e. The second-order valence-electron chi connectivity index (χ2n) is 9.58. The minimum absolute atomic E-state index is 0.00622. The van der Waals surface area contributed by atoms with Crippen molar-refractivity contribution in [2.24, 2.45) is 11.8 Å². The lowest BCUT2D eigenvalue weighted by Crippen LogP contribution is -2.32. The Hall–Kier alpha value is -3.29. The number of rotatable bonds is 9. The number of halogens is 1. The third kappa shape index (κ3) is 6.05. The van der Waals surface area contributed by atoms with Crippen molar-refractivity contribution in [3.63, 3.8) is 0 Å². The first-order valence-corrected chi connectivity index (χ1v) is 12.2. The van der Waals surface area contributed by atoms with Crippen LogP contribution in [0.2, 0.25) is 0 Å². The lowest BCUT2D eigenvalue weighted by molar-refractivity contribution is -0.127. The van der Waals surface area contributed by atoms with Crippen LogP contribution in [0.4, 0.5) is 4.39 Å². The Morgan fingerprint density at radius 3 is 2.51 bits per heavy atom. The molecule has 0 spiro atoms. The van der Waals surface area contributed by atoms with Crippen molar-refractivity contribution in [2.75, 3.05) is 33.4 Å². The molecule has 35 heavy (non-hydrogen) atoms. The zero-order chi connectivity index (χ0) is 24.9. The third-order valence-electron chi connectivity index (χ3n) is 7.04. The summed E-state index contributed by atoms with van der Waals surface area (Å²) >= 11 is 0. The van der Waals surface area contributed by atoms with Gasteiger partial charge in [0.2, 0.25) is 5.91 Å². The Morgan fingerprint density at radius 1 is 1.11 bits per heavy atom. The van der Waals surface area contributed by atoms with Gasteiger partial charge in [0.1, 0.15) is 18.1 Å². The SMILES string of the molecule is CC(=O)N(C)CCOc1cccc(OC[C@H]2CC[C@H](CN3Cc4ccc(O)c(F)c4C3=O)CC2)c1. The van der Waals surface area contributed by atoms with Gasteiger partial charge >= 0.3 is 0 Å². The summed E-state index contributed by atoms with van der Waals surface area (Å²) in [5.41, 5.74) is 0.661. The standard InChI is InChI=1S/C27H33FN2O5/c1-18(31)29(2)12-13-34-22-4-3-5-23(14-22)35-17-20-8-6-19(7-9-20)15-30-16-21-10-11-24(32)26(28)25(21)27(30)33/h3-5,10-11,14,19-20,32H,6-9,12-13,15-17H2,1-2H3/t19-,20-. The third-order valence-corrected chi connectivity index (χ3v) is 7.04. The quantitative estimate of drug-likeness (QED) is 0.576. The second-order valence-corrected chi connectivity index (χ2v) is 9.58. The van der Waals surface area contributed by atoms with E-state index in [-0.39, 0.29) is 17.4 Å². The van der Waals surface area contributed by atoms with Gasteiger partial charge in [-0.25, -0.2) is 4.39 Å². The van der Waals surface area contributed by atoms with Gasteiger partial charge in [-0.05, 0) is 61.3 Å². The monoisotopic (exact) mass is 484 g/mol. The number of hydrogen-bond donors (Lipinski definition) is 1. The first-order valence-electron chi connectivity index (χ1n) is 12.2. The van der Waals surface area contributed by atoms with Crippen LogP contribution >= 0.6 is 0 Å². The second kappa shape index (κ2) is 11.0. The number of ether oxygens (including phenoxy) is 2. The molecular weight excluding hydrogens is 451 g/mol. The highest BCUT2D eigenvalue weighted by atomic mass is 19.1. The molecule has 1 aliphatic carbocycles. The number of nitrogens with zero attached hydrogens (tertiary/aromatic N) is 2. The van der Waals surface area contributed by atoms with Gasteiger partial charge in [0.25, 0.3) is 5.91 Å². The van der Waals surface area contributed by atoms with Crippen molar-refractivity contribution in [1.82, 2.24) is 9.80 Å². The van der Waals surface area contributed by atoms with Gasteiger partial charge in [-0.2, -0.15) is 0 Å². The molecule has 4 rings (SSSR count). The van der Waals surface area contributed by atoms with Gasteiger partial charge in [0.15, 0.2) is 11.6 Å². The van der Waals surface area contributed by atoms with E-state index in [0.717, 1.165) is 31.4 Å².